The highest BCUT2D eigenvalue weighted by Crippen LogP contribution is 2.28. The fraction of sp³-hybridized carbons (Fsp3) is 0.250. The topological polar surface area (TPSA) is 30.2 Å². The summed E-state index contributed by atoms with van der Waals surface area (Å²) in [5, 5.41) is 0.956. The molecule has 2 nitrogen and oxygen atoms in total. The number of aryl methyl sites for hydroxylation is 2. The first-order chi connectivity index (χ1) is 6.61. The van der Waals surface area contributed by atoms with E-state index >= 15 is 0 Å². The van der Waals surface area contributed by atoms with Gasteiger partial charge in [-0.05, 0) is 32.4 Å². The molecule has 0 saturated carbocycles. The molecule has 1 aromatic carbocycles. The molecule has 0 amide bonds. The molecule has 72 valence electrons. The number of rotatable bonds is 1. The van der Waals surface area contributed by atoms with Crippen LogP contribution in [0, 0.1) is 13.8 Å². The standard InChI is InChI=1S/C12H12O2/c1-7-5-4-6-10-11(7)12(8(2)13)9(3)14-10/h4-6H,1-3H3. The molecule has 2 aromatic rings. The first kappa shape index (κ1) is 9.00. The minimum absolute atomic E-state index is 0.0653. The number of ketones is 1. The molecular weight excluding hydrogens is 176 g/mol. The number of hydrogen-bond donors (Lipinski definition) is 0. The fourth-order valence-electron chi connectivity index (χ4n) is 1.86. The molecule has 0 aliphatic carbocycles. The zero-order valence-electron chi connectivity index (χ0n) is 8.55. The highest BCUT2D eigenvalue weighted by molar-refractivity contribution is 6.08. The molecule has 14 heavy (non-hydrogen) atoms. The molecule has 0 saturated heterocycles. The van der Waals surface area contributed by atoms with Gasteiger partial charge in [0.2, 0.25) is 0 Å². The van der Waals surface area contributed by atoms with Gasteiger partial charge in [0.1, 0.15) is 11.3 Å². The van der Waals surface area contributed by atoms with Gasteiger partial charge in [0.05, 0.1) is 5.56 Å². The molecule has 0 spiro atoms. The average Bonchev–Trinajstić information content (AvgIpc) is 2.42. The van der Waals surface area contributed by atoms with Gasteiger partial charge in [-0.1, -0.05) is 12.1 Å². The predicted molar refractivity (Wildman–Crippen MR) is 55.7 cm³/mol. The number of Topliss-reactive ketones (excluding diaryl/α,β-unsaturated/α-hetero) is 1. The molecule has 1 heterocycles. The van der Waals surface area contributed by atoms with Crippen LogP contribution in [0.25, 0.3) is 11.0 Å². The van der Waals surface area contributed by atoms with E-state index in [-0.39, 0.29) is 5.78 Å². The maximum Gasteiger partial charge on any atom is 0.163 e. The largest absolute Gasteiger partial charge is 0.461 e. The van der Waals surface area contributed by atoms with Gasteiger partial charge in [0.15, 0.2) is 5.78 Å². The van der Waals surface area contributed by atoms with Crippen LogP contribution in [0.3, 0.4) is 0 Å². The van der Waals surface area contributed by atoms with Crippen molar-refractivity contribution < 1.29 is 9.21 Å². The Hall–Kier alpha value is -1.57. The highest BCUT2D eigenvalue weighted by Gasteiger charge is 2.15. The molecule has 0 N–H and O–H groups in total. The van der Waals surface area contributed by atoms with Crippen molar-refractivity contribution in [1.82, 2.24) is 0 Å². The summed E-state index contributed by atoms with van der Waals surface area (Å²) >= 11 is 0. The lowest BCUT2D eigenvalue weighted by Crippen LogP contribution is -1.93. The lowest BCUT2D eigenvalue weighted by Gasteiger charge is -1.96. The molecule has 0 atom stereocenters. The van der Waals surface area contributed by atoms with Crippen LogP contribution in [0.15, 0.2) is 22.6 Å². The second-order valence-electron chi connectivity index (χ2n) is 3.54. The second kappa shape index (κ2) is 2.98. The molecule has 0 aliphatic heterocycles. The summed E-state index contributed by atoms with van der Waals surface area (Å²) in [6.07, 6.45) is 0. The Balaban J connectivity index is 2.93. The van der Waals surface area contributed by atoms with Gasteiger partial charge < -0.3 is 4.42 Å². The molecule has 0 fully saturated rings. The van der Waals surface area contributed by atoms with E-state index in [1.807, 2.05) is 32.0 Å². The van der Waals surface area contributed by atoms with Gasteiger partial charge in [-0.25, -0.2) is 0 Å². The van der Waals surface area contributed by atoms with E-state index in [4.69, 9.17) is 4.42 Å². The van der Waals surface area contributed by atoms with Gasteiger partial charge in [-0.2, -0.15) is 0 Å². The number of fused-ring (bicyclic) bond motifs is 1. The van der Waals surface area contributed by atoms with Gasteiger partial charge in [-0.3, -0.25) is 4.79 Å². The minimum atomic E-state index is 0.0653. The van der Waals surface area contributed by atoms with Crippen LogP contribution in [0.5, 0.6) is 0 Å². The molecule has 0 unspecified atom stereocenters. The SMILES string of the molecule is CC(=O)c1c(C)oc2cccc(C)c12. The normalized spacial score (nSPS) is 10.8. The molecule has 0 radical (unpaired) electrons. The monoisotopic (exact) mass is 188 g/mol. The third kappa shape index (κ3) is 1.15. The Kier molecular flexibility index (Phi) is 1.92. The van der Waals surface area contributed by atoms with Crippen LogP contribution in [-0.4, -0.2) is 5.78 Å². The smallest absolute Gasteiger partial charge is 0.163 e. The van der Waals surface area contributed by atoms with Crippen molar-refractivity contribution >= 4 is 16.8 Å². The van der Waals surface area contributed by atoms with E-state index in [2.05, 4.69) is 0 Å². The highest BCUT2D eigenvalue weighted by atomic mass is 16.3. The molecule has 1 aromatic heterocycles. The Morgan fingerprint density at radius 1 is 1.29 bits per heavy atom. The Morgan fingerprint density at radius 2 is 2.00 bits per heavy atom. The Morgan fingerprint density at radius 3 is 2.64 bits per heavy atom. The van der Waals surface area contributed by atoms with Gasteiger partial charge in [0.25, 0.3) is 0 Å². The summed E-state index contributed by atoms with van der Waals surface area (Å²) < 4.78 is 5.52. The minimum Gasteiger partial charge on any atom is -0.461 e. The van der Waals surface area contributed by atoms with Crippen molar-refractivity contribution in [1.29, 1.82) is 0 Å². The van der Waals surface area contributed by atoms with Crippen molar-refractivity contribution in [3.8, 4) is 0 Å². The van der Waals surface area contributed by atoms with Gasteiger partial charge in [0, 0.05) is 5.39 Å². The molecular formula is C12H12O2. The number of furan rings is 1. The summed E-state index contributed by atoms with van der Waals surface area (Å²) in [7, 11) is 0. The first-order valence-corrected chi connectivity index (χ1v) is 4.61. The average molecular weight is 188 g/mol. The van der Waals surface area contributed by atoms with Crippen molar-refractivity contribution in [3.05, 3.63) is 35.1 Å². The Bertz CT molecular complexity index is 506. The molecule has 0 bridgehead atoms. The number of hydrogen-bond acceptors (Lipinski definition) is 2. The van der Waals surface area contributed by atoms with Crippen LogP contribution in [-0.2, 0) is 0 Å². The van der Waals surface area contributed by atoms with Crippen LogP contribution >= 0.6 is 0 Å². The number of carbonyl (C=O) groups excluding carboxylic acids is 1. The van der Waals surface area contributed by atoms with E-state index in [0.717, 1.165) is 22.1 Å². The molecule has 2 heteroatoms. The Labute approximate surface area is 82.5 Å². The lowest BCUT2D eigenvalue weighted by molar-refractivity contribution is 0.101. The van der Waals surface area contributed by atoms with Crippen LogP contribution < -0.4 is 0 Å². The fourth-order valence-corrected chi connectivity index (χ4v) is 1.86. The van der Waals surface area contributed by atoms with E-state index in [0.29, 0.717) is 5.76 Å². The first-order valence-electron chi connectivity index (χ1n) is 4.61. The van der Waals surface area contributed by atoms with Crippen LogP contribution in [0.4, 0.5) is 0 Å². The van der Waals surface area contributed by atoms with Crippen molar-refractivity contribution in [2.24, 2.45) is 0 Å². The van der Waals surface area contributed by atoms with Crippen LogP contribution in [0.1, 0.15) is 28.6 Å². The molecule has 2 rings (SSSR count). The lowest BCUT2D eigenvalue weighted by atomic mass is 10.0. The summed E-state index contributed by atoms with van der Waals surface area (Å²) in [6, 6.07) is 5.82. The zero-order valence-corrected chi connectivity index (χ0v) is 8.55. The van der Waals surface area contributed by atoms with E-state index in [1.54, 1.807) is 6.92 Å². The van der Waals surface area contributed by atoms with E-state index in [9.17, 15) is 4.79 Å². The number of benzene rings is 1. The van der Waals surface area contributed by atoms with Gasteiger partial charge >= 0.3 is 0 Å². The summed E-state index contributed by atoms with van der Waals surface area (Å²) in [5.41, 5.74) is 2.61. The van der Waals surface area contributed by atoms with Crippen LogP contribution in [0.2, 0.25) is 0 Å². The van der Waals surface area contributed by atoms with Gasteiger partial charge in [-0.15, -0.1) is 0 Å². The zero-order chi connectivity index (χ0) is 10.3. The van der Waals surface area contributed by atoms with Crippen molar-refractivity contribution in [3.63, 3.8) is 0 Å². The third-order valence-corrected chi connectivity index (χ3v) is 2.45. The summed E-state index contributed by atoms with van der Waals surface area (Å²) in [5.74, 6) is 0.775. The number of carbonyl (C=O) groups is 1. The maximum atomic E-state index is 11.4. The molecule has 0 aliphatic rings. The summed E-state index contributed by atoms with van der Waals surface area (Å²) in [4.78, 5) is 11.4. The second-order valence-corrected chi connectivity index (χ2v) is 3.54. The predicted octanol–water partition coefficient (Wildman–Crippen LogP) is 3.25. The van der Waals surface area contributed by atoms with Crippen molar-refractivity contribution in [2.75, 3.05) is 0 Å². The van der Waals surface area contributed by atoms with E-state index < -0.39 is 0 Å². The summed E-state index contributed by atoms with van der Waals surface area (Å²) in [6.45, 7) is 5.39. The third-order valence-electron chi connectivity index (χ3n) is 2.45. The van der Waals surface area contributed by atoms with Crippen molar-refractivity contribution in [2.45, 2.75) is 20.8 Å². The van der Waals surface area contributed by atoms with E-state index in [1.165, 1.54) is 0 Å². The maximum absolute atomic E-state index is 11.4. The quantitative estimate of drug-likeness (QED) is 0.643.